The Labute approximate surface area is 136 Å². The molecule has 0 atom stereocenters. The van der Waals surface area contributed by atoms with Crippen LogP contribution in [0.2, 0.25) is 0 Å². The van der Waals surface area contributed by atoms with Gasteiger partial charge in [0, 0.05) is 36.9 Å². The summed E-state index contributed by atoms with van der Waals surface area (Å²) >= 11 is 0. The number of aryl methyl sites for hydroxylation is 2. The quantitative estimate of drug-likeness (QED) is 0.789. The van der Waals surface area contributed by atoms with Gasteiger partial charge in [-0.1, -0.05) is 41.5 Å². The Balaban J connectivity index is 0.000000360. The van der Waals surface area contributed by atoms with E-state index in [4.69, 9.17) is 0 Å². The van der Waals surface area contributed by atoms with Gasteiger partial charge in [0.2, 0.25) is 0 Å². The summed E-state index contributed by atoms with van der Waals surface area (Å²) in [6, 6.07) is 4.16. The molecule has 2 heterocycles. The summed E-state index contributed by atoms with van der Waals surface area (Å²) in [4.78, 5) is 0. The maximum atomic E-state index is 4.17. The third-order valence-corrected chi connectivity index (χ3v) is 3.28. The second kappa shape index (κ2) is 11.0. The zero-order valence-electron chi connectivity index (χ0n) is 15.7. The average Bonchev–Trinajstić information content (AvgIpc) is 3.18. The third-order valence-electron chi connectivity index (χ3n) is 3.28. The Morgan fingerprint density at radius 2 is 1.09 bits per heavy atom. The fourth-order valence-corrected chi connectivity index (χ4v) is 2.20. The summed E-state index contributed by atoms with van der Waals surface area (Å²) in [7, 11) is 0. The molecule has 0 bridgehead atoms. The minimum atomic E-state index is 0.586. The first kappa shape index (κ1) is 20.4. The second-order valence-electron chi connectivity index (χ2n) is 5.45. The Morgan fingerprint density at radius 3 is 1.27 bits per heavy atom. The van der Waals surface area contributed by atoms with Crippen LogP contribution in [0.4, 0.5) is 0 Å². The van der Waals surface area contributed by atoms with Crippen molar-refractivity contribution in [2.75, 3.05) is 0 Å². The minimum Gasteiger partial charge on any atom is -0.270 e. The molecule has 0 unspecified atom stereocenters. The number of rotatable bonds is 4. The van der Waals surface area contributed by atoms with E-state index >= 15 is 0 Å². The third kappa shape index (κ3) is 6.04. The molecule has 0 aliphatic heterocycles. The van der Waals surface area contributed by atoms with Crippen molar-refractivity contribution in [2.45, 2.75) is 80.3 Å². The normalized spacial score (nSPS) is 10.1. The van der Waals surface area contributed by atoms with Crippen molar-refractivity contribution in [1.82, 2.24) is 19.6 Å². The van der Waals surface area contributed by atoms with Crippen molar-refractivity contribution < 1.29 is 0 Å². The standard InChI is InChI=1S/2C8H14N2.C2H6/c2*1-4-10-8(7(2)3)5-6-9-10;1-2/h2*5-7H,4H2,1-3H3;1-2H3. The van der Waals surface area contributed by atoms with Gasteiger partial charge in [0.15, 0.2) is 0 Å². The fourth-order valence-electron chi connectivity index (χ4n) is 2.20. The zero-order chi connectivity index (χ0) is 17.1. The van der Waals surface area contributed by atoms with Gasteiger partial charge in [-0.15, -0.1) is 0 Å². The highest BCUT2D eigenvalue weighted by molar-refractivity contribution is 5.05. The molecule has 4 nitrogen and oxygen atoms in total. The van der Waals surface area contributed by atoms with Crippen LogP contribution in [0.25, 0.3) is 0 Å². The Morgan fingerprint density at radius 1 is 0.773 bits per heavy atom. The van der Waals surface area contributed by atoms with E-state index in [1.54, 1.807) is 0 Å². The lowest BCUT2D eigenvalue weighted by atomic mass is 10.1. The van der Waals surface area contributed by atoms with Crippen LogP contribution in [0.1, 0.15) is 78.6 Å². The lowest BCUT2D eigenvalue weighted by Gasteiger charge is -2.06. The van der Waals surface area contributed by atoms with Gasteiger partial charge < -0.3 is 0 Å². The molecular formula is C18H34N4. The maximum absolute atomic E-state index is 4.17. The van der Waals surface area contributed by atoms with Crippen molar-refractivity contribution >= 4 is 0 Å². The minimum absolute atomic E-state index is 0.586. The SMILES string of the molecule is CC.CCn1nccc1C(C)C.CCn1nccc1C(C)C. The molecule has 2 aromatic rings. The summed E-state index contributed by atoms with van der Waals surface area (Å²) in [6.45, 7) is 18.9. The molecular weight excluding hydrogens is 272 g/mol. The second-order valence-corrected chi connectivity index (χ2v) is 5.45. The molecule has 2 rings (SSSR count). The van der Waals surface area contributed by atoms with Gasteiger partial charge in [-0.3, -0.25) is 9.36 Å². The van der Waals surface area contributed by atoms with Gasteiger partial charge >= 0.3 is 0 Å². The molecule has 0 radical (unpaired) electrons. The van der Waals surface area contributed by atoms with E-state index < -0.39 is 0 Å². The van der Waals surface area contributed by atoms with Gasteiger partial charge in [0.25, 0.3) is 0 Å². The molecule has 126 valence electrons. The van der Waals surface area contributed by atoms with E-state index in [0.717, 1.165) is 13.1 Å². The Hall–Kier alpha value is -1.58. The molecule has 0 fully saturated rings. The molecule has 0 saturated carbocycles. The lowest BCUT2D eigenvalue weighted by molar-refractivity contribution is 0.598. The number of hydrogen-bond acceptors (Lipinski definition) is 2. The molecule has 22 heavy (non-hydrogen) atoms. The molecule has 0 aliphatic carbocycles. The molecule has 0 amide bonds. The first-order valence-corrected chi connectivity index (χ1v) is 8.54. The highest BCUT2D eigenvalue weighted by atomic mass is 15.3. The lowest BCUT2D eigenvalue weighted by Crippen LogP contribution is -2.03. The van der Waals surface area contributed by atoms with Crippen molar-refractivity contribution in [3.05, 3.63) is 35.9 Å². The van der Waals surface area contributed by atoms with Crippen LogP contribution in [0.5, 0.6) is 0 Å². The summed E-state index contributed by atoms with van der Waals surface area (Å²) in [5.74, 6) is 1.17. The van der Waals surface area contributed by atoms with E-state index in [0.29, 0.717) is 11.8 Å². The monoisotopic (exact) mass is 306 g/mol. The highest BCUT2D eigenvalue weighted by Gasteiger charge is 2.03. The summed E-state index contributed by atoms with van der Waals surface area (Å²) < 4.78 is 4.06. The van der Waals surface area contributed by atoms with Gasteiger partial charge in [0.05, 0.1) is 0 Å². The van der Waals surface area contributed by atoms with Gasteiger partial charge in [0.1, 0.15) is 0 Å². The summed E-state index contributed by atoms with van der Waals surface area (Å²) in [5.41, 5.74) is 2.64. The summed E-state index contributed by atoms with van der Waals surface area (Å²) in [5, 5.41) is 8.35. The van der Waals surface area contributed by atoms with Gasteiger partial charge in [-0.05, 0) is 37.8 Å². The Kier molecular flexibility index (Phi) is 10.3. The highest BCUT2D eigenvalue weighted by Crippen LogP contribution is 2.12. The fraction of sp³-hybridized carbons (Fsp3) is 0.667. The molecule has 0 spiro atoms. The van der Waals surface area contributed by atoms with E-state index in [-0.39, 0.29) is 0 Å². The van der Waals surface area contributed by atoms with Crippen LogP contribution in [-0.2, 0) is 13.1 Å². The Bertz CT molecular complexity index is 448. The molecule has 0 saturated heterocycles. The average molecular weight is 306 g/mol. The largest absolute Gasteiger partial charge is 0.270 e. The predicted octanol–water partition coefficient (Wildman–Crippen LogP) is 5.08. The zero-order valence-corrected chi connectivity index (χ0v) is 15.7. The molecule has 0 N–H and O–H groups in total. The summed E-state index contributed by atoms with van der Waals surface area (Å²) in [6.07, 6.45) is 3.72. The number of nitrogens with zero attached hydrogens (tertiary/aromatic N) is 4. The molecule has 2 aromatic heterocycles. The molecule has 0 aromatic carbocycles. The predicted molar refractivity (Wildman–Crippen MR) is 95.3 cm³/mol. The van der Waals surface area contributed by atoms with Crippen LogP contribution in [0.15, 0.2) is 24.5 Å². The van der Waals surface area contributed by atoms with Crippen molar-refractivity contribution in [2.24, 2.45) is 0 Å². The number of hydrogen-bond donors (Lipinski definition) is 0. The molecule has 0 aliphatic rings. The van der Waals surface area contributed by atoms with E-state index in [2.05, 4.69) is 63.9 Å². The number of aromatic nitrogens is 4. The van der Waals surface area contributed by atoms with E-state index in [9.17, 15) is 0 Å². The topological polar surface area (TPSA) is 35.6 Å². The first-order chi connectivity index (χ1) is 10.5. The van der Waals surface area contributed by atoms with E-state index in [1.807, 2.05) is 35.6 Å². The van der Waals surface area contributed by atoms with Crippen molar-refractivity contribution in [3.8, 4) is 0 Å². The smallest absolute Gasteiger partial charge is 0.0492 e. The van der Waals surface area contributed by atoms with E-state index in [1.165, 1.54) is 11.4 Å². The van der Waals surface area contributed by atoms with Crippen LogP contribution >= 0.6 is 0 Å². The first-order valence-electron chi connectivity index (χ1n) is 8.54. The van der Waals surface area contributed by atoms with Crippen LogP contribution in [0, 0.1) is 0 Å². The molecule has 4 heteroatoms. The van der Waals surface area contributed by atoms with Crippen LogP contribution in [0.3, 0.4) is 0 Å². The van der Waals surface area contributed by atoms with Crippen LogP contribution in [-0.4, -0.2) is 19.6 Å². The van der Waals surface area contributed by atoms with Crippen molar-refractivity contribution in [3.63, 3.8) is 0 Å². The van der Waals surface area contributed by atoms with Crippen molar-refractivity contribution in [1.29, 1.82) is 0 Å². The maximum Gasteiger partial charge on any atom is 0.0492 e. The van der Waals surface area contributed by atoms with Crippen LogP contribution < -0.4 is 0 Å². The van der Waals surface area contributed by atoms with Gasteiger partial charge in [-0.2, -0.15) is 10.2 Å². The van der Waals surface area contributed by atoms with Gasteiger partial charge in [-0.25, -0.2) is 0 Å².